The van der Waals surface area contributed by atoms with Gasteiger partial charge in [0.25, 0.3) is 5.91 Å². The lowest BCUT2D eigenvalue weighted by molar-refractivity contribution is 0.0953. The van der Waals surface area contributed by atoms with Gasteiger partial charge in [0.15, 0.2) is 0 Å². The van der Waals surface area contributed by atoms with E-state index in [9.17, 15) is 13.2 Å². The second-order valence-electron chi connectivity index (χ2n) is 9.13. The number of fused-ring (bicyclic) bond motifs is 2. The van der Waals surface area contributed by atoms with Gasteiger partial charge in [-0.25, -0.2) is 13.8 Å². The highest BCUT2D eigenvalue weighted by atomic mass is 32.2. The van der Waals surface area contributed by atoms with Crippen LogP contribution in [0.5, 0.6) is 0 Å². The number of nitrogens with one attached hydrogen (secondary N) is 1. The molecule has 1 heterocycles. The van der Waals surface area contributed by atoms with Gasteiger partial charge in [-0.3, -0.25) is 4.79 Å². The molecule has 1 aliphatic heterocycles. The predicted molar refractivity (Wildman–Crippen MR) is 109 cm³/mol. The molecule has 1 aromatic carbocycles. The molecule has 28 heavy (non-hydrogen) atoms. The van der Waals surface area contributed by atoms with Crippen LogP contribution in [0.2, 0.25) is 0 Å². The molecule has 2 atom stereocenters. The van der Waals surface area contributed by atoms with Crippen LogP contribution in [0.1, 0.15) is 63.2 Å². The van der Waals surface area contributed by atoms with Crippen molar-refractivity contribution < 1.29 is 13.2 Å². The number of hydrogen-bond acceptors (Lipinski definition) is 4. The van der Waals surface area contributed by atoms with Gasteiger partial charge in [0.2, 0.25) is 10.0 Å². The lowest BCUT2D eigenvalue weighted by Gasteiger charge is -2.34. The Kier molecular flexibility index (Phi) is 4.66. The molecule has 152 valence electrons. The van der Waals surface area contributed by atoms with Gasteiger partial charge in [0.05, 0.1) is 4.90 Å². The summed E-state index contributed by atoms with van der Waals surface area (Å²) in [6, 6.07) is 6.14. The summed E-state index contributed by atoms with van der Waals surface area (Å²) in [7, 11) is -3.46. The summed E-state index contributed by atoms with van der Waals surface area (Å²) in [5.41, 5.74) is 4.44. The van der Waals surface area contributed by atoms with Crippen LogP contribution < -0.4 is 5.43 Å². The summed E-state index contributed by atoms with van der Waals surface area (Å²) in [5.74, 6) is 0.324. The lowest BCUT2D eigenvalue weighted by Crippen LogP contribution is -2.34. The highest BCUT2D eigenvalue weighted by Gasteiger charge is 2.60. The normalized spacial score (nSPS) is 30.8. The van der Waals surface area contributed by atoms with Crippen molar-refractivity contribution in [2.24, 2.45) is 21.8 Å². The fourth-order valence-corrected chi connectivity index (χ4v) is 6.65. The molecule has 2 saturated carbocycles. The summed E-state index contributed by atoms with van der Waals surface area (Å²) in [6.07, 6.45) is 5.08. The number of sulfonamides is 1. The number of rotatable bonds is 4. The van der Waals surface area contributed by atoms with E-state index in [1.807, 2.05) is 0 Å². The molecule has 0 spiro atoms. The Morgan fingerprint density at radius 3 is 2.32 bits per heavy atom. The van der Waals surface area contributed by atoms with Crippen LogP contribution in [0, 0.1) is 16.7 Å². The maximum Gasteiger partial charge on any atom is 0.271 e. The molecule has 1 saturated heterocycles. The lowest BCUT2D eigenvalue weighted by atomic mass is 9.70. The van der Waals surface area contributed by atoms with Crippen molar-refractivity contribution in [3.05, 3.63) is 29.8 Å². The number of carbonyl (C=O) groups excluding carboxylic acids is 1. The van der Waals surface area contributed by atoms with E-state index in [1.165, 1.54) is 22.9 Å². The molecule has 2 aliphatic carbocycles. The standard InChI is InChI=1S/C21H29N3O3S/c1-20(2)16-10-11-21(20,3)18(14-16)22-23-19(25)15-6-8-17(9-7-15)28(26,27)24-12-4-5-13-24/h6-9,16H,4-5,10-14H2,1-3H3,(H,23,25)/b22-18+/t16-,21+/m1/s1. The summed E-state index contributed by atoms with van der Waals surface area (Å²) in [6.45, 7) is 7.99. The van der Waals surface area contributed by atoms with E-state index < -0.39 is 10.0 Å². The maximum absolute atomic E-state index is 12.6. The van der Waals surface area contributed by atoms with E-state index in [1.54, 1.807) is 12.1 Å². The van der Waals surface area contributed by atoms with E-state index in [0.717, 1.165) is 31.4 Å². The van der Waals surface area contributed by atoms with E-state index in [-0.39, 0.29) is 21.6 Å². The summed E-state index contributed by atoms with van der Waals surface area (Å²) < 4.78 is 26.7. The van der Waals surface area contributed by atoms with Crippen LogP contribution in [0.15, 0.2) is 34.3 Å². The Bertz CT molecular complexity index is 915. The second-order valence-corrected chi connectivity index (χ2v) is 11.1. The molecule has 0 radical (unpaired) electrons. The Morgan fingerprint density at radius 2 is 1.79 bits per heavy atom. The minimum Gasteiger partial charge on any atom is -0.267 e. The fraction of sp³-hybridized carbons (Fsp3) is 0.619. The van der Waals surface area contributed by atoms with E-state index in [0.29, 0.717) is 24.6 Å². The molecular weight excluding hydrogens is 374 g/mol. The fourth-order valence-electron chi connectivity index (χ4n) is 5.14. The van der Waals surface area contributed by atoms with Crippen LogP contribution in [0.3, 0.4) is 0 Å². The molecule has 1 aromatic rings. The topological polar surface area (TPSA) is 78.8 Å². The first-order chi connectivity index (χ1) is 13.2. The quantitative estimate of drug-likeness (QED) is 0.783. The molecule has 1 N–H and O–H groups in total. The van der Waals surface area contributed by atoms with Gasteiger partial charge >= 0.3 is 0 Å². The van der Waals surface area contributed by atoms with Crippen LogP contribution in [0.4, 0.5) is 0 Å². The second kappa shape index (κ2) is 6.66. The molecule has 0 unspecified atom stereocenters. The zero-order valence-electron chi connectivity index (χ0n) is 16.9. The van der Waals surface area contributed by atoms with Crippen LogP contribution >= 0.6 is 0 Å². The van der Waals surface area contributed by atoms with E-state index in [2.05, 4.69) is 31.3 Å². The Labute approximate surface area is 167 Å². The third kappa shape index (κ3) is 2.90. The number of nitrogens with zero attached hydrogens (tertiary/aromatic N) is 2. The molecule has 6 nitrogen and oxygen atoms in total. The van der Waals surface area contributed by atoms with Crippen molar-refractivity contribution in [3.63, 3.8) is 0 Å². The number of carbonyl (C=O) groups is 1. The monoisotopic (exact) mass is 403 g/mol. The molecule has 1 amide bonds. The smallest absolute Gasteiger partial charge is 0.267 e. The molecule has 3 aliphatic rings. The summed E-state index contributed by atoms with van der Waals surface area (Å²) >= 11 is 0. The number of hydrazone groups is 1. The van der Waals surface area contributed by atoms with Gasteiger partial charge in [0.1, 0.15) is 0 Å². The SMILES string of the molecule is CC1(C)[C@@H]2CC[C@@]1(C)/C(=N/NC(=O)c1ccc(S(=O)(=O)N3CCCC3)cc1)C2. The number of hydrogen-bond donors (Lipinski definition) is 1. The summed E-state index contributed by atoms with van der Waals surface area (Å²) in [4.78, 5) is 12.7. The van der Waals surface area contributed by atoms with Gasteiger partial charge in [-0.15, -0.1) is 0 Å². The zero-order valence-corrected chi connectivity index (χ0v) is 17.7. The number of amides is 1. The average Bonchev–Trinajstić information content (AvgIpc) is 3.33. The molecule has 4 rings (SSSR count). The van der Waals surface area contributed by atoms with Gasteiger partial charge in [-0.1, -0.05) is 20.8 Å². The van der Waals surface area contributed by atoms with Crippen LogP contribution in [-0.4, -0.2) is 37.4 Å². The maximum atomic E-state index is 12.6. The molecule has 3 fully saturated rings. The van der Waals surface area contributed by atoms with Crippen LogP contribution in [-0.2, 0) is 10.0 Å². The van der Waals surface area contributed by atoms with Crippen molar-refractivity contribution in [2.45, 2.75) is 57.8 Å². The third-order valence-corrected chi connectivity index (χ3v) is 9.54. The van der Waals surface area contributed by atoms with Crippen molar-refractivity contribution in [1.29, 1.82) is 0 Å². The molecular formula is C21H29N3O3S. The number of benzene rings is 1. The van der Waals surface area contributed by atoms with E-state index >= 15 is 0 Å². The van der Waals surface area contributed by atoms with Crippen molar-refractivity contribution in [3.8, 4) is 0 Å². The first-order valence-electron chi connectivity index (χ1n) is 10.1. The Morgan fingerprint density at radius 1 is 1.14 bits per heavy atom. The van der Waals surface area contributed by atoms with Crippen molar-refractivity contribution in [2.75, 3.05) is 13.1 Å². The van der Waals surface area contributed by atoms with Gasteiger partial charge in [-0.05, 0) is 67.7 Å². The highest BCUT2D eigenvalue weighted by molar-refractivity contribution is 7.89. The minimum atomic E-state index is -3.46. The van der Waals surface area contributed by atoms with Gasteiger partial charge in [-0.2, -0.15) is 9.41 Å². The Balaban J connectivity index is 1.46. The average molecular weight is 404 g/mol. The van der Waals surface area contributed by atoms with Gasteiger partial charge < -0.3 is 0 Å². The van der Waals surface area contributed by atoms with Crippen LogP contribution in [0.25, 0.3) is 0 Å². The van der Waals surface area contributed by atoms with Gasteiger partial charge in [0, 0.05) is 29.8 Å². The van der Waals surface area contributed by atoms with Crippen molar-refractivity contribution >= 4 is 21.6 Å². The summed E-state index contributed by atoms with van der Waals surface area (Å²) in [5, 5.41) is 4.47. The predicted octanol–water partition coefficient (Wildman–Crippen LogP) is 3.40. The molecule has 2 bridgehead atoms. The first-order valence-corrected chi connectivity index (χ1v) is 11.6. The molecule has 0 aromatic heterocycles. The zero-order chi connectivity index (χ0) is 20.2. The van der Waals surface area contributed by atoms with E-state index in [4.69, 9.17) is 0 Å². The molecule has 7 heteroatoms. The third-order valence-electron chi connectivity index (χ3n) is 7.62. The largest absolute Gasteiger partial charge is 0.271 e. The van der Waals surface area contributed by atoms with Crippen molar-refractivity contribution in [1.82, 2.24) is 9.73 Å². The first kappa shape index (κ1) is 19.6. The minimum absolute atomic E-state index is 0.0403. The highest BCUT2D eigenvalue weighted by Crippen LogP contribution is 2.63. The Hall–Kier alpha value is -1.73.